The predicted molar refractivity (Wildman–Crippen MR) is 81.4 cm³/mol. The molecule has 1 saturated carbocycles. The Labute approximate surface area is 120 Å². The van der Waals surface area contributed by atoms with E-state index in [1.54, 1.807) is 0 Å². The molecule has 1 atom stereocenters. The van der Waals surface area contributed by atoms with Crippen LogP contribution in [0.4, 0.5) is 0 Å². The van der Waals surface area contributed by atoms with Gasteiger partial charge in [0.1, 0.15) is 5.82 Å². The summed E-state index contributed by atoms with van der Waals surface area (Å²) in [5.74, 6) is 1.04. The van der Waals surface area contributed by atoms with Gasteiger partial charge in [-0.15, -0.1) is 0 Å². The fraction of sp³-hybridized carbons (Fsp3) is 0.471. The van der Waals surface area contributed by atoms with E-state index in [1.165, 1.54) is 12.0 Å². The fourth-order valence-electron chi connectivity index (χ4n) is 3.38. The van der Waals surface area contributed by atoms with E-state index >= 15 is 0 Å². The van der Waals surface area contributed by atoms with Crippen LogP contribution in [-0.4, -0.2) is 9.55 Å². The Morgan fingerprint density at radius 1 is 1.30 bits per heavy atom. The van der Waals surface area contributed by atoms with E-state index in [2.05, 4.69) is 53.0 Å². The quantitative estimate of drug-likeness (QED) is 0.904. The molecule has 1 aromatic heterocycles. The fourth-order valence-corrected chi connectivity index (χ4v) is 3.38. The first-order chi connectivity index (χ1) is 9.78. The number of nitrogens with two attached hydrogens (primary N) is 1. The monoisotopic (exact) mass is 269 g/mol. The Morgan fingerprint density at radius 2 is 2.05 bits per heavy atom. The number of aryl methyl sites for hydroxylation is 1. The molecule has 0 aliphatic heterocycles. The molecule has 0 radical (unpaired) electrons. The third-order valence-electron chi connectivity index (χ3n) is 4.68. The van der Waals surface area contributed by atoms with Gasteiger partial charge in [0.25, 0.3) is 0 Å². The summed E-state index contributed by atoms with van der Waals surface area (Å²) in [5, 5.41) is 0. The maximum Gasteiger partial charge on any atom is 0.126 e. The summed E-state index contributed by atoms with van der Waals surface area (Å²) in [5.41, 5.74) is 8.11. The number of hydrogen-bond donors (Lipinski definition) is 1. The molecule has 0 amide bonds. The van der Waals surface area contributed by atoms with E-state index in [9.17, 15) is 0 Å². The first kappa shape index (κ1) is 13.4. The average Bonchev–Trinajstić information content (AvgIpc) is 2.87. The zero-order valence-corrected chi connectivity index (χ0v) is 12.1. The topological polar surface area (TPSA) is 43.8 Å². The molecule has 3 nitrogen and oxygen atoms in total. The zero-order chi connectivity index (χ0) is 14.0. The van der Waals surface area contributed by atoms with Crippen molar-refractivity contribution < 1.29 is 0 Å². The van der Waals surface area contributed by atoms with Crippen molar-refractivity contribution in [2.45, 2.75) is 50.6 Å². The van der Waals surface area contributed by atoms with E-state index in [0.717, 1.165) is 31.6 Å². The summed E-state index contributed by atoms with van der Waals surface area (Å²) in [6.45, 7) is 3.18. The van der Waals surface area contributed by atoms with Crippen LogP contribution in [0, 0.1) is 0 Å². The van der Waals surface area contributed by atoms with Crippen molar-refractivity contribution in [2.24, 2.45) is 5.73 Å². The van der Waals surface area contributed by atoms with Gasteiger partial charge >= 0.3 is 0 Å². The maximum absolute atomic E-state index is 6.66. The summed E-state index contributed by atoms with van der Waals surface area (Å²) in [7, 11) is 0. The first-order valence-corrected chi connectivity index (χ1v) is 7.60. The second-order valence-electron chi connectivity index (χ2n) is 5.83. The van der Waals surface area contributed by atoms with E-state index in [-0.39, 0.29) is 11.5 Å². The van der Waals surface area contributed by atoms with Gasteiger partial charge in [0.05, 0.1) is 6.04 Å². The molecule has 2 aromatic rings. The Hall–Kier alpha value is -1.61. The number of rotatable bonds is 5. The molecule has 0 saturated heterocycles. The number of hydrogen-bond acceptors (Lipinski definition) is 2. The van der Waals surface area contributed by atoms with Crippen LogP contribution in [0.1, 0.15) is 50.0 Å². The van der Waals surface area contributed by atoms with Gasteiger partial charge < -0.3 is 10.3 Å². The summed E-state index contributed by atoms with van der Waals surface area (Å²) < 4.78 is 2.22. The third kappa shape index (κ3) is 2.06. The lowest BCUT2D eigenvalue weighted by atomic mass is 9.60. The standard InChI is InChI=1S/C17H23N3/c1-2-12-20-13-11-19-16(20)15(18)17(9-6-10-17)14-7-4-3-5-8-14/h3-5,7-8,11,13,15H,2,6,9-10,12,18H2,1H3. The molecule has 106 valence electrons. The molecular formula is C17H23N3. The molecule has 1 unspecified atom stereocenters. The van der Waals surface area contributed by atoms with Crippen molar-refractivity contribution >= 4 is 0 Å². The van der Waals surface area contributed by atoms with Gasteiger partial charge in [-0.1, -0.05) is 43.7 Å². The van der Waals surface area contributed by atoms with Crippen LogP contribution >= 0.6 is 0 Å². The molecule has 1 aliphatic carbocycles. The van der Waals surface area contributed by atoms with E-state index < -0.39 is 0 Å². The van der Waals surface area contributed by atoms with Crippen molar-refractivity contribution in [3.8, 4) is 0 Å². The van der Waals surface area contributed by atoms with Gasteiger partial charge in [-0.3, -0.25) is 0 Å². The molecule has 1 aromatic carbocycles. The summed E-state index contributed by atoms with van der Waals surface area (Å²) in [6.07, 6.45) is 8.62. The van der Waals surface area contributed by atoms with Gasteiger partial charge in [-0.25, -0.2) is 4.98 Å². The summed E-state index contributed by atoms with van der Waals surface area (Å²) in [4.78, 5) is 4.55. The second-order valence-corrected chi connectivity index (χ2v) is 5.83. The molecule has 20 heavy (non-hydrogen) atoms. The molecule has 0 spiro atoms. The van der Waals surface area contributed by atoms with Crippen molar-refractivity contribution in [1.29, 1.82) is 0 Å². The Bertz CT molecular complexity index is 555. The highest BCUT2D eigenvalue weighted by atomic mass is 15.1. The van der Waals surface area contributed by atoms with Crippen LogP contribution in [0.2, 0.25) is 0 Å². The maximum atomic E-state index is 6.66. The normalized spacial score (nSPS) is 18.5. The van der Waals surface area contributed by atoms with Gasteiger partial charge in [0.2, 0.25) is 0 Å². The van der Waals surface area contributed by atoms with Crippen LogP contribution in [0.3, 0.4) is 0 Å². The van der Waals surface area contributed by atoms with Crippen molar-refractivity contribution in [3.05, 3.63) is 54.1 Å². The van der Waals surface area contributed by atoms with Crippen LogP contribution in [-0.2, 0) is 12.0 Å². The lowest BCUT2D eigenvalue weighted by Crippen LogP contribution is -2.45. The molecule has 3 heteroatoms. The molecule has 1 fully saturated rings. The molecule has 3 rings (SSSR count). The first-order valence-electron chi connectivity index (χ1n) is 7.60. The highest BCUT2D eigenvalue weighted by Crippen LogP contribution is 2.50. The highest BCUT2D eigenvalue weighted by Gasteiger charge is 2.45. The zero-order valence-electron chi connectivity index (χ0n) is 12.1. The Balaban J connectivity index is 1.95. The Morgan fingerprint density at radius 3 is 2.65 bits per heavy atom. The SMILES string of the molecule is CCCn1ccnc1C(N)C1(c2ccccc2)CCC1. The molecular weight excluding hydrogens is 246 g/mol. The van der Waals surface area contributed by atoms with Gasteiger partial charge in [0.15, 0.2) is 0 Å². The average molecular weight is 269 g/mol. The third-order valence-corrected chi connectivity index (χ3v) is 4.68. The van der Waals surface area contributed by atoms with E-state index in [4.69, 9.17) is 5.73 Å². The molecule has 1 heterocycles. The highest BCUT2D eigenvalue weighted by molar-refractivity contribution is 5.32. The van der Waals surface area contributed by atoms with Crippen molar-refractivity contribution in [3.63, 3.8) is 0 Å². The Kier molecular flexibility index (Phi) is 3.62. The van der Waals surface area contributed by atoms with Crippen LogP contribution in [0.15, 0.2) is 42.7 Å². The van der Waals surface area contributed by atoms with Crippen molar-refractivity contribution in [1.82, 2.24) is 9.55 Å². The number of benzene rings is 1. The summed E-state index contributed by atoms with van der Waals surface area (Å²) in [6, 6.07) is 10.7. The number of aromatic nitrogens is 2. The summed E-state index contributed by atoms with van der Waals surface area (Å²) >= 11 is 0. The molecule has 2 N–H and O–H groups in total. The van der Waals surface area contributed by atoms with Gasteiger partial charge in [-0.2, -0.15) is 0 Å². The van der Waals surface area contributed by atoms with Crippen LogP contribution < -0.4 is 5.73 Å². The number of nitrogens with zero attached hydrogens (tertiary/aromatic N) is 2. The molecule has 0 bridgehead atoms. The minimum atomic E-state index is -0.0137. The number of imidazole rings is 1. The smallest absolute Gasteiger partial charge is 0.126 e. The lowest BCUT2D eigenvalue weighted by Gasteiger charge is -2.46. The van der Waals surface area contributed by atoms with Crippen LogP contribution in [0.5, 0.6) is 0 Å². The van der Waals surface area contributed by atoms with E-state index in [0.29, 0.717) is 0 Å². The largest absolute Gasteiger partial charge is 0.334 e. The molecule has 1 aliphatic rings. The van der Waals surface area contributed by atoms with E-state index in [1.807, 2.05) is 6.20 Å². The minimum Gasteiger partial charge on any atom is -0.334 e. The van der Waals surface area contributed by atoms with Crippen LogP contribution in [0.25, 0.3) is 0 Å². The van der Waals surface area contributed by atoms with Gasteiger partial charge in [0, 0.05) is 24.4 Å². The second kappa shape index (κ2) is 5.41. The minimum absolute atomic E-state index is 0.0137. The lowest BCUT2D eigenvalue weighted by molar-refractivity contribution is 0.188. The van der Waals surface area contributed by atoms with Crippen molar-refractivity contribution in [2.75, 3.05) is 0 Å². The van der Waals surface area contributed by atoms with Gasteiger partial charge in [-0.05, 0) is 24.8 Å². The predicted octanol–water partition coefficient (Wildman–Crippen LogP) is 3.41.